The van der Waals surface area contributed by atoms with Gasteiger partial charge in [-0.1, -0.05) is 50.2 Å². The SMILES string of the molecule is Cc1cccc(C(C)C)c1NC(=O)CCNCCc1c[nH]c2ccccc12. The number of fused-ring (bicyclic) bond motifs is 1. The molecule has 1 amide bonds. The first-order chi connectivity index (χ1) is 13.1. The molecule has 0 unspecified atom stereocenters. The molecule has 3 rings (SSSR count). The minimum absolute atomic E-state index is 0.0609. The van der Waals surface area contributed by atoms with E-state index < -0.39 is 0 Å². The molecule has 0 saturated carbocycles. The summed E-state index contributed by atoms with van der Waals surface area (Å²) in [4.78, 5) is 15.7. The highest BCUT2D eigenvalue weighted by atomic mass is 16.1. The van der Waals surface area contributed by atoms with Crippen LogP contribution in [0.5, 0.6) is 0 Å². The molecule has 0 fully saturated rings. The summed E-state index contributed by atoms with van der Waals surface area (Å²) >= 11 is 0. The van der Waals surface area contributed by atoms with E-state index in [1.807, 2.05) is 25.1 Å². The van der Waals surface area contributed by atoms with Crippen molar-refractivity contribution in [3.8, 4) is 0 Å². The molecule has 142 valence electrons. The minimum atomic E-state index is 0.0609. The van der Waals surface area contributed by atoms with E-state index in [2.05, 4.69) is 59.9 Å². The maximum atomic E-state index is 12.4. The number of aromatic amines is 1. The Morgan fingerprint density at radius 2 is 1.89 bits per heavy atom. The molecule has 4 heteroatoms. The lowest BCUT2D eigenvalue weighted by atomic mass is 9.98. The van der Waals surface area contributed by atoms with Crippen LogP contribution < -0.4 is 10.6 Å². The highest BCUT2D eigenvalue weighted by Gasteiger charge is 2.11. The maximum absolute atomic E-state index is 12.4. The van der Waals surface area contributed by atoms with Crippen LogP contribution in [0.2, 0.25) is 0 Å². The van der Waals surface area contributed by atoms with Crippen LogP contribution >= 0.6 is 0 Å². The van der Waals surface area contributed by atoms with Gasteiger partial charge in [-0.05, 0) is 48.6 Å². The molecular weight excluding hydrogens is 334 g/mol. The van der Waals surface area contributed by atoms with Crippen molar-refractivity contribution in [1.82, 2.24) is 10.3 Å². The number of carbonyl (C=O) groups excluding carboxylic acids is 1. The molecule has 3 N–H and O–H groups in total. The number of amides is 1. The van der Waals surface area contributed by atoms with E-state index in [4.69, 9.17) is 0 Å². The number of hydrogen-bond acceptors (Lipinski definition) is 2. The van der Waals surface area contributed by atoms with Crippen molar-refractivity contribution in [1.29, 1.82) is 0 Å². The number of carbonyl (C=O) groups is 1. The van der Waals surface area contributed by atoms with Crippen molar-refractivity contribution in [3.05, 3.63) is 65.4 Å². The molecule has 1 aromatic heterocycles. The molecule has 0 aliphatic heterocycles. The van der Waals surface area contributed by atoms with Crippen LogP contribution in [0.1, 0.15) is 42.9 Å². The predicted octanol–water partition coefficient (Wildman–Crippen LogP) is 4.76. The topological polar surface area (TPSA) is 56.9 Å². The van der Waals surface area contributed by atoms with Gasteiger partial charge in [0.1, 0.15) is 0 Å². The van der Waals surface area contributed by atoms with Crippen LogP contribution in [0.15, 0.2) is 48.7 Å². The fourth-order valence-corrected chi connectivity index (χ4v) is 3.43. The van der Waals surface area contributed by atoms with E-state index in [1.165, 1.54) is 22.0 Å². The lowest BCUT2D eigenvalue weighted by Crippen LogP contribution is -2.24. The quantitative estimate of drug-likeness (QED) is 0.505. The Morgan fingerprint density at radius 3 is 2.70 bits per heavy atom. The van der Waals surface area contributed by atoms with E-state index in [-0.39, 0.29) is 5.91 Å². The Hall–Kier alpha value is -2.59. The van der Waals surface area contributed by atoms with Gasteiger partial charge in [-0.3, -0.25) is 4.79 Å². The summed E-state index contributed by atoms with van der Waals surface area (Å²) in [5.41, 5.74) is 5.75. The lowest BCUT2D eigenvalue weighted by Gasteiger charge is -2.16. The molecule has 0 aliphatic carbocycles. The number of aromatic nitrogens is 1. The second kappa shape index (κ2) is 8.87. The van der Waals surface area contributed by atoms with Gasteiger partial charge < -0.3 is 15.6 Å². The van der Waals surface area contributed by atoms with Crippen LogP contribution in [-0.4, -0.2) is 24.0 Å². The first kappa shape index (κ1) is 19.2. The molecule has 27 heavy (non-hydrogen) atoms. The van der Waals surface area contributed by atoms with Gasteiger partial charge in [0, 0.05) is 35.8 Å². The number of aryl methyl sites for hydroxylation is 1. The number of benzene rings is 2. The van der Waals surface area contributed by atoms with Gasteiger partial charge in [0.05, 0.1) is 0 Å². The second-order valence-electron chi connectivity index (χ2n) is 7.35. The number of H-pyrrole nitrogens is 1. The predicted molar refractivity (Wildman–Crippen MR) is 113 cm³/mol. The molecule has 4 nitrogen and oxygen atoms in total. The third kappa shape index (κ3) is 4.77. The number of nitrogens with one attached hydrogen (secondary N) is 3. The van der Waals surface area contributed by atoms with Gasteiger partial charge in [-0.25, -0.2) is 0 Å². The number of anilines is 1. The van der Waals surface area contributed by atoms with Crippen LogP contribution in [-0.2, 0) is 11.2 Å². The van der Waals surface area contributed by atoms with E-state index in [1.54, 1.807) is 0 Å². The van der Waals surface area contributed by atoms with Crippen molar-refractivity contribution >= 4 is 22.5 Å². The van der Waals surface area contributed by atoms with Crippen LogP contribution in [0.4, 0.5) is 5.69 Å². The number of hydrogen-bond donors (Lipinski definition) is 3. The molecule has 3 aromatic rings. The summed E-state index contributed by atoms with van der Waals surface area (Å²) in [5.74, 6) is 0.445. The van der Waals surface area contributed by atoms with Crippen LogP contribution in [0, 0.1) is 6.92 Å². The van der Waals surface area contributed by atoms with Crippen LogP contribution in [0.25, 0.3) is 10.9 Å². The summed E-state index contributed by atoms with van der Waals surface area (Å²) in [6.07, 6.45) is 3.49. The smallest absolute Gasteiger partial charge is 0.225 e. The molecule has 0 saturated heterocycles. The summed E-state index contributed by atoms with van der Waals surface area (Å²) in [7, 11) is 0. The van der Waals surface area contributed by atoms with Gasteiger partial charge in [0.15, 0.2) is 0 Å². The molecule has 0 radical (unpaired) electrons. The van der Waals surface area contributed by atoms with Crippen molar-refractivity contribution < 1.29 is 4.79 Å². The summed E-state index contributed by atoms with van der Waals surface area (Å²) in [6.45, 7) is 7.88. The van der Waals surface area contributed by atoms with E-state index in [0.717, 1.165) is 24.2 Å². The molecule has 2 aromatic carbocycles. The number of para-hydroxylation sites is 2. The zero-order valence-corrected chi connectivity index (χ0v) is 16.4. The minimum Gasteiger partial charge on any atom is -0.361 e. The number of rotatable bonds is 8. The zero-order chi connectivity index (χ0) is 19.2. The normalized spacial score (nSPS) is 11.3. The second-order valence-corrected chi connectivity index (χ2v) is 7.35. The fourth-order valence-electron chi connectivity index (χ4n) is 3.43. The summed E-state index contributed by atoms with van der Waals surface area (Å²) < 4.78 is 0. The van der Waals surface area contributed by atoms with Gasteiger partial charge in [0.25, 0.3) is 0 Å². The van der Waals surface area contributed by atoms with Crippen molar-refractivity contribution in [2.24, 2.45) is 0 Å². The molecule has 0 aliphatic rings. The van der Waals surface area contributed by atoms with E-state index >= 15 is 0 Å². The molecule has 1 heterocycles. The third-order valence-corrected chi connectivity index (χ3v) is 4.97. The monoisotopic (exact) mass is 363 g/mol. The molecule has 0 spiro atoms. The van der Waals surface area contributed by atoms with E-state index in [0.29, 0.717) is 18.9 Å². The first-order valence-electron chi connectivity index (χ1n) is 9.71. The van der Waals surface area contributed by atoms with Gasteiger partial charge in [-0.15, -0.1) is 0 Å². The van der Waals surface area contributed by atoms with Crippen molar-refractivity contribution in [2.75, 3.05) is 18.4 Å². The van der Waals surface area contributed by atoms with Crippen molar-refractivity contribution in [2.45, 2.75) is 39.5 Å². The average molecular weight is 364 g/mol. The Kier molecular flexibility index (Phi) is 6.30. The fraction of sp³-hybridized carbons (Fsp3) is 0.348. The molecule has 0 bridgehead atoms. The van der Waals surface area contributed by atoms with Crippen molar-refractivity contribution in [3.63, 3.8) is 0 Å². The zero-order valence-electron chi connectivity index (χ0n) is 16.4. The Labute approximate surface area is 161 Å². The Balaban J connectivity index is 1.45. The molecule has 0 atom stereocenters. The highest BCUT2D eigenvalue weighted by Crippen LogP contribution is 2.27. The summed E-state index contributed by atoms with van der Waals surface area (Å²) in [5, 5.41) is 7.76. The van der Waals surface area contributed by atoms with Gasteiger partial charge in [0.2, 0.25) is 5.91 Å². The van der Waals surface area contributed by atoms with Gasteiger partial charge in [-0.2, -0.15) is 0 Å². The standard InChI is InChI=1S/C23H29N3O/c1-16(2)19-9-6-7-17(3)23(19)26-22(27)12-14-24-13-11-18-15-25-21-10-5-4-8-20(18)21/h4-10,15-16,24-25H,11-14H2,1-3H3,(H,26,27). The van der Waals surface area contributed by atoms with Gasteiger partial charge >= 0.3 is 0 Å². The Morgan fingerprint density at radius 1 is 1.07 bits per heavy atom. The maximum Gasteiger partial charge on any atom is 0.225 e. The van der Waals surface area contributed by atoms with E-state index in [9.17, 15) is 4.79 Å². The molecular formula is C23H29N3O. The highest BCUT2D eigenvalue weighted by molar-refractivity contribution is 5.92. The van der Waals surface area contributed by atoms with Crippen LogP contribution in [0.3, 0.4) is 0 Å². The summed E-state index contributed by atoms with van der Waals surface area (Å²) in [6, 6.07) is 14.5. The lowest BCUT2D eigenvalue weighted by molar-refractivity contribution is -0.116. The average Bonchev–Trinajstić information content (AvgIpc) is 3.06. The largest absolute Gasteiger partial charge is 0.361 e. The third-order valence-electron chi connectivity index (χ3n) is 4.97. The first-order valence-corrected chi connectivity index (χ1v) is 9.71. The Bertz CT molecular complexity index is 911.